The molecule has 1 aliphatic heterocycles. The highest BCUT2D eigenvalue weighted by Crippen LogP contribution is 2.35. The van der Waals surface area contributed by atoms with E-state index in [0.29, 0.717) is 35.3 Å². The molecule has 2 aliphatic rings. The number of benzene rings is 2. The Kier molecular flexibility index (Phi) is 7.23. The van der Waals surface area contributed by atoms with Gasteiger partial charge in [-0.25, -0.2) is 13.9 Å². The average molecular weight is 546 g/mol. The lowest BCUT2D eigenvalue weighted by Crippen LogP contribution is -2.33. The smallest absolute Gasteiger partial charge is 0.239 e. The van der Waals surface area contributed by atoms with Crippen molar-refractivity contribution in [2.45, 2.75) is 39.0 Å². The van der Waals surface area contributed by atoms with E-state index in [1.54, 1.807) is 16.8 Å². The predicted molar refractivity (Wildman–Crippen MR) is 150 cm³/mol. The number of halogens is 2. The lowest BCUT2D eigenvalue weighted by atomic mass is 9.97. The molecule has 2 aromatic carbocycles. The van der Waals surface area contributed by atoms with Gasteiger partial charge in [-0.1, -0.05) is 18.2 Å². The van der Waals surface area contributed by atoms with E-state index in [2.05, 4.69) is 27.3 Å². The zero-order chi connectivity index (χ0) is 27.8. The van der Waals surface area contributed by atoms with E-state index in [1.807, 2.05) is 25.1 Å². The molecule has 0 bridgehead atoms. The molecule has 208 valence electrons. The van der Waals surface area contributed by atoms with Crippen LogP contribution in [0.25, 0.3) is 16.9 Å². The van der Waals surface area contributed by atoms with Gasteiger partial charge < -0.3 is 15.0 Å². The van der Waals surface area contributed by atoms with E-state index < -0.39 is 11.6 Å². The van der Waals surface area contributed by atoms with Gasteiger partial charge in [0, 0.05) is 30.2 Å². The lowest BCUT2D eigenvalue weighted by molar-refractivity contribution is 0.0975. The molecule has 9 heteroatoms. The topological polar surface area (TPSA) is 71.8 Å². The molecule has 0 unspecified atom stereocenters. The normalized spacial score (nSPS) is 16.4. The monoisotopic (exact) mass is 545 g/mol. The number of aryl methyl sites for hydroxylation is 1. The Hall–Kier alpha value is -3.85. The summed E-state index contributed by atoms with van der Waals surface area (Å²) in [5, 5.41) is 8.12. The Labute approximate surface area is 232 Å². The first-order valence-corrected chi connectivity index (χ1v) is 13.9. The van der Waals surface area contributed by atoms with E-state index in [4.69, 9.17) is 4.74 Å². The molecule has 7 nitrogen and oxygen atoms in total. The van der Waals surface area contributed by atoms with Crippen molar-refractivity contribution in [2.75, 3.05) is 32.0 Å². The maximum Gasteiger partial charge on any atom is 0.239 e. The van der Waals surface area contributed by atoms with Gasteiger partial charge in [0.1, 0.15) is 0 Å². The molecule has 1 saturated heterocycles. The molecule has 1 N–H and O–H groups in total. The fourth-order valence-electron chi connectivity index (χ4n) is 5.35. The number of anilines is 1. The number of carbonyl (C=O) groups excluding carboxylic acids is 1. The Morgan fingerprint density at radius 1 is 1.07 bits per heavy atom. The van der Waals surface area contributed by atoms with Crippen molar-refractivity contribution in [3.63, 3.8) is 0 Å². The van der Waals surface area contributed by atoms with Gasteiger partial charge in [-0.2, -0.15) is 4.39 Å². The minimum absolute atomic E-state index is 0.107. The van der Waals surface area contributed by atoms with Gasteiger partial charge in [0.05, 0.1) is 17.6 Å². The quantitative estimate of drug-likeness (QED) is 0.242. The summed E-state index contributed by atoms with van der Waals surface area (Å²) in [5.41, 5.74) is 4.47. The van der Waals surface area contributed by atoms with E-state index >= 15 is 0 Å². The molecule has 1 saturated carbocycles. The number of likely N-dealkylation sites (tertiary alicyclic amines) is 1. The first-order valence-electron chi connectivity index (χ1n) is 13.9. The summed E-state index contributed by atoms with van der Waals surface area (Å²) >= 11 is 0. The van der Waals surface area contributed by atoms with Crippen LogP contribution in [0.4, 0.5) is 14.5 Å². The van der Waals surface area contributed by atoms with Crippen molar-refractivity contribution in [1.82, 2.24) is 19.5 Å². The van der Waals surface area contributed by atoms with Crippen LogP contribution in [0.2, 0.25) is 0 Å². The third-order valence-electron chi connectivity index (χ3n) is 7.99. The van der Waals surface area contributed by atoms with E-state index in [1.165, 1.54) is 12.1 Å². The Balaban J connectivity index is 1.35. The molecule has 0 spiro atoms. The molecule has 0 amide bonds. The molecular formula is C31H33F2N5O2. The van der Waals surface area contributed by atoms with E-state index in [9.17, 15) is 13.6 Å². The van der Waals surface area contributed by atoms with E-state index in [-0.39, 0.29) is 17.4 Å². The highest BCUT2D eigenvalue weighted by Gasteiger charge is 2.26. The standard InChI is InChI=1S/C31H33F2N5O2/c1-19-14-22(8-9-23(19)27(39)15-20-6-7-20)26-18-35-31-25(34-17-21-10-12-37(2)13-11-21)16-29(36-38(26)31)40-28-5-3-4-24(32)30(28)33/h3-5,8-9,14,16,18,20-21,34H,6-7,10-13,15,17H2,1-2H3. The van der Waals surface area contributed by atoms with Gasteiger partial charge in [-0.3, -0.25) is 4.79 Å². The number of nitrogens with zero attached hydrogens (tertiary/aromatic N) is 4. The van der Waals surface area contributed by atoms with Crippen LogP contribution in [-0.4, -0.2) is 52.0 Å². The van der Waals surface area contributed by atoms with Crippen molar-refractivity contribution in [1.29, 1.82) is 0 Å². The zero-order valence-corrected chi connectivity index (χ0v) is 22.8. The van der Waals surface area contributed by atoms with Crippen LogP contribution in [0.15, 0.2) is 48.7 Å². The Morgan fingerprint density at radius 2 is 1.88 bits per heavy atom. The van der Waals surface area contributed by atoms with Crippen LogP contribution in [0.3, 0.4) is 0 Å². The number of ketones is 1. The highest BCUT2D eigenvalue weighted by molar-refractivity contribution is 5.98. The number of carbonyl (C=O) groups is 1. The molecule has 0 atom stereocenters. The first kappa shape index (κ1) is 26.4. The van der Waals surface area contributed by atoms with Crippen molar-refractivity contribution in [3.8, 4) is 22.9 Å². The fourth-order valence-corrected chi connectivity index (χ4v) is 5.35. The van der Waals surface area contributed by atoms with Crippen LogP contribution >= 0.6 is 0 Å². The minimum atomic E-state index is -1.07. The molecule has 1 aliphatic carbocycles. The Morgan fingerprint density at radius 3 is 2.62 bits per heavy atom. The first-order chi connectivity index (χ1) is 19.4. The molecule has 2 fully saturated rings. The lowest BCUT2D eigenvalue weighted by Gasteiger charge is -2.29. The summed E-state index contributed by atoms with van der Waals surface area (Å²) in [6, 6.07) is 11.2. The van der Waals surface area contributed by atoms with Crippen LogP contribution in [0, 0.1) is 30.4 Å². The van der Waals surface area contributed by atoms with Crippen molar-refractivity contribution in [3.05, 3.63) is 71.4 Å². The predicted octanol–water partition coefficient (Wildman–Crippen LogP) is 6.51. The number of ether oxygens (including phenoxy) is 1. The van der Waals surface area contributed by atoms with Gasteiger partial charge in [-0.05, 0) is 88.3 Å². The molecule has 2 aromatic heterocycles. The summed E-state index contributed by atoms with van der Waals surface area (Å²) in [7, 11) is 2.13. The van der Waals surface area contributed by atoms with Crippen LogP contribution in [0.1, 0.15) is 48.0 Å². The van der Waals surface area contributed by atoms with Crippen LogP contribution in [-0.2, 0) is 0 Å². The number of aromatic nitrogens is 3. The number of nitrogens with one attached hydrogen (secondary N) is 1. The summed E-state index contributed by atoms with van der Waals surface area (Å²) < 4.78 is 35.7. The maximum atomic E-state index is 14.4. The van der Waals surface area contributed by atoms with Crippen molar-refractivity contribution >= 4 is 17.1 Å². The molecule has 6 rings (SSSR count). The third kappa shape index (κ3) is 5.56. The number of rotatable bonds is 9. The van der Waals surface area contributed by atoms with Gasteiger partial charge in [-0.15, -0.1) is 5.10 Å². The second-order valence-corrected chi connectivity index (χ2v) is 11.2. The van der Waals surface area contributed by atoms with Crippen molar-refractivity contribution < 1.29 is 18.3 Å². The summed E-state index contributed by atoms with van der Waals surface area (Å²) in [6.07, 6.45) is 6.78. The van der Waals surface area contributed by atoms with Crippen LogP contribution in [0.5, 0.6) is 11.6 Å². The molecule has 40 heavy (non-hydrogen) atoms. The third-order valence-corrected chi connectivity index (χ3v) is 7.99. The Bertz CT molecular complexity index is 1560. The summed E-state index contributed by atoms with van der Waals surface area (Å²) in [5.74, 6) is -0.994. The minimum Gasteiger partial charge on any atom is -0.434 e. The number of imidazole rings is 1. The number of hydrogen-bond acceptors (Lipinski definition) is 6. The van der Waals surface area contributed by atoms with Crippen LogP contribution < -0.4 is 10.1 Å². The second kappa shape index (κ2) is 11.0. The fraction of sp³-hybridized carbons (Fsp3) is 0.387. The number of hydrogen-bond donors (Lipinski definition) is 1. The maximum absolute atomic E-state index is 14.4. The van der Waals surface area contributed by atoms with Gasteiger partial charge >= 0.3 is 0 Å². The molecule has 4 aromatic rings. The largest absolute Gasteiger partial charge is 0.434 e. The SMILES string of the molecule is Cc1cc(-c2cnc3c(NCC4CCN(C)CC4)cc(Oc4cccc(F)c4F)nn23)ccc1C(=O)CC1CC1. The number of Topliss-reactive ketones (excluding diaryl/α,β-unsaturated/α-hetero) is 1. The second-order valence-electron chi connectivity index (χ2n) is 11.2. The van der Waals surface area contributed by atoms with Gasteiger partial charge in [0.25, 0.3) is 0 Å². The summed E-state index contributed by atoms with van der Waals surface area (Å²) in [4.78, 5) is 19.7. The summed E-state index contributed by atoms with van der Waals surface area (Å²) in [6.45, 7) is 4.80. The van der Waals surface area contributed by atoms with Crippen molar-refractivity contribution in [2.24, 2.45) is 11.8 Å². The highest BCUT2D eigenvalue weighted by atomic mass is 19.2. The molecule has 3 heterocycles. The number of piperidine rings is 1. The van der Waals surface area contributed by atoms with E-state index in [0.717, 1.165) is 68.1 Å². The number of fused-ring (bicyclic) bond motifs is 1. The molecule has 0 radical (unpaired) electrons. The average Bonchev–Trinajstić information content (AvgIpc) is 3.65. The van der Waals surface area contributed by atoms with Gasteiger partial charge in [0.15, 0.2) is 23.0 Å². The van der Waals surface area contributed by atoms with Gasteiger partial charge in [0.2, 0.25) is 11.7 Å². The zero-order valence-electron chi connectivity index (χ0n) is 22.8. The molecular weight excluding hydrogens is 512 g/mol.